The zero-order valence-corrected chi connectivity index (χ0v) is 19.0. The molecular weight excluding hydrogens is 452 g/mol. The van der Waals surface area contributed by atoms with Gasteiger partial charge in [-0.05, 0) is 64.2 Å². The average Bonchev–Trinajstić information content (AvgIpc) is 3.51. The number of amides is 1. The van der Waals surface area contributed by atoms with Crippen molar-refractivity contribution in [1.82, 2.24) is 4.98 Å². The maximum atomic E-state index is 12.6. The lowest BCUT2D eigenvalue weighted by Crippen LogP contribution is -2.29. The number of rotatable bonds is 2. The Morgan fingerprint density at radius 3 is 2.53 bits per heavy atom. The molecule has 0 radical (unpaired) electrons. The number of fused-ring (bicyclic) bond motifs is 3. The van der Waals surface area contributed by atoms with Crippen molar-refractivity contribution in [2.75, 3.05) is 11.7 Å². The highest BCUT2D eigenvalue weighted by atomic mass is 35.5. The summed E-state index contributed by atoms with van der Waals surface area (Å²) in [6.45, 7) is 2.19. The maximum absolute atomic E-state index is 12.6. The number of halogens is 1. The number of carbonyl (C=O) groups is 1. The topological polar surface area (TPSA) is 64.8 Å². The predicted molar refractivity (Wildman–Crippen MR) is 131 cm³/mol. The van der Waals surface area contributed by atoms with Gasteiger partial charge in [-0.15, -0.1) is 0 Å². The van der Waals surface area contributed by atoms with E-state index in [1.165, 1.54) is 6.39 Å². The molecule has 0 saturated heterocycles. The Kier molecular flexibility index (Phi) is 4.89. The van der Waals surface area contributed by atoms with Crippen molar-refractivity contribution < 1.29 is 18.7 Å². The highest BCUT2D eigenvalue weighted by Gasteiger charge is 2.23. The van der Waals surface area contributed by atoms with Crippen LogP contribution < -0.4 is 14.4 Å². The fourth-order valence-corrected chi connectivity index (χ4v) is 4.61. The number of ether oxygens (including phenoxy) is 2. The summed E-state index contributed by atoms with van der Waals surface area (Å²) in [5.74, 6) is 1.94. The summed E-state index contributed by atoms with van der Waals surface area (Å²) in [6.07, 6.45) is 7.14. The molecule has 0 fully saturated rings. The third-order valence-electron chi connectivity index (χ3n) is 6.10. The molecule has 34 heavy (non-hydrogen) atoms. The highest BCUT2D eigenvalue weighted by Crippen LogP contribution is 2.43. The number of carbonyl (C=O) groups excluding carboxylic acids is 1. The van der Waals surface area contributed by atoms with Gasteiger partial charge in [0.1, 0.15) is 0 Å². The standard InChI is InChI=1S/C27H19ClN2O4/c1-16(31)30-13-20-8-18(4-2-17(20)3-5-19-9-21(28)6-7-24(19)30)22-10-25-26(34-15-33-25)11-23(22)27-12-29-14-32-27/h2-12,14H,13,15H2,1H3/b5-3-. The first kappa shape index (κ1) is 20.6. The Balaban J connectivity index is 1.50. The van der Waals surface area contributed by atoms with Gasteiger partial charge in [0.05, 0.1) is 18.4 Å². The van der Waals surface area contributed by atoms with Gasteiger partial charge in [0.2, 0.25) is 12.7 Å². The van der Waals surface area contributed by atoms with E-state index in [9.17, 15) is 4.79 Å². The first-order chi connectivity index (χ1) is 16.6. The molecule has 1 amide bonds. The zero-order chi connectivity index (χ0) is 23.2. The highest BCUT2D eigenvalue weighted by molar-refractivity contribution is 6.30. The molecule has 6 nitrogen and oxygen atoms in total. The van der Waals surface area contributed by atoms with E-state index in [4.69, 9.17) is 25.5 Å². The van der Waals surface area contributed by atoms with Crippen LogP contribution in [-0.4, -0.2) is 17.7 Å². The summed E-state index contributed by atoms with van der Waals surface area (Å²) in [6, 6.07) is 15.7. The van der Waals surface area contributed by atoms with Gasteiger partial charge in [0.25, 0.3) is 0 Å². The third kappa shape index (κ3) is 3.53. The van der Waals surface area contributed by atoms with E-state index in [-0.39, 0.29) is 12.7 Å². The SMILES string of the molecule is CC(=O)N1Cc2cc(-c3cc4c(cc3-c3cnco3)OCO4)ccc2/C=C\c2cc(Cl)ccc21. The predicted octanol–water partition coefficient (Wildman–Crippen LogP) is 6.43. The summed E-state index contributed by atoms with van der Waals surface area (Å²) in [7, 11) is 0. The Labute approximate surface area is 201 Å². The quantitative estimate of drug-likeness (QED) is 0.338. The minimum atomic E-state index is -0.0411. The number of anilines is 1. The molecule has 3 heterocycles. The molecule has 0 unspecified atom stereocenters. The van der Waals surface area contributed by atoms with Crippen LogP contribution in [0.2, 0.25) is 5.02 Å². The van der Waals surface area contributed by atoms with E-state index in [0.717, 1.165) is 39.1 Å². The number of hydrogen-bond donors (Lipinski definition) is 0. The average molecular weight is 471 g/mol. The zero-order valence-electron chi connectivity index (χ0n) is 18.2. The maximum Gasteiger partial charge on any atom is 0.231 e. The molecule has 0 N–H and O–H groups in total. The van der Waals surface area contributed by atoms with Crippen molar-refractivity contribution in [3.8, 4) is 33.9 Å². The van der Waals surface area contributed by atoms with Gasteiger partial charge in [-0.2, -0.15) is 0 Å². The number of hydrogen-bond acceptors (Lipinski definition) is 5. The smallest absolute Gasteiger partial charge is 0.231 e. The van der Waals surface area contributed by atoms with Crippen molar-refractivity contribution >= 4 is 35.3 Å². The molecule has 2 aliphatic rings. The monoisotopic (exact) mass is 470 g/mol. The molecule has 1 aromatic heterocycles. The molecule has 6 rings (SSSR count). The van der Waals surface area contributed by atoms with Gasteiger partial charge in [0.15, 0.2) is 23.7 Å². The van der Waals surface area contributed by atoms with Crippen molar-refractivity contribution in [2.45, 2.75) is 13.5 Å². The van der Waals surface area contributed by atoms with Crippen molar-refractivity contribution in [2.24, 2.45) is 0 Å². The van der Waals surface area contributed by atoms with Gasteiger partial charge in [-0.3, -0.25) is 4.79 Å². The van der Waals surface area contributed by atoms with Crippen molar-refractivity contribution in [3.05, 3.63) is 82.8 Å². The van der Waals surface area contributed by atoms with Crippen LogP contribution in [0.4, 0.5) is 5.69 Å². The Morgan fingerprint density at radius 1 is 0.971 bits per heavy atom. The number of nitrogens with zero attached hydrogens (tertiary/aromatic N) is 2. The molecule has 4 aromatic rings. The Hall–Kier alpha value is -4.03. The molecule has 0 atom stereocenters. The molecule has 7 heteroatoms. The second kappa shape index (κ2) is 8.08. The Bertz CT molecular complexity index is 1460. The van der Waals surface area contributed by atoms with Crippen LogP contribution in [0.25, 0.3) is 34.6 Å². The number of aromatic nitrogens is 1. The normalized spacial score (nSPS) is 14.7. The third-order valence-corrected chi connectivity index (χ3v) is 6.33. The lowest BCUT2D eigenvalue weighted by Gasteiger charge is -2.26. The second-order valence-electron chi connectivity index (χ2n) is 8.17. The number of benzene rings is 3. The summed E-state index contributed by atoms with van der Waals surface area (Å²) >= 11 is 6.22. The summed E-state index contributed by atoms with van der Waals surface area (Å²) in [5.41, 5.74) is 6.53. The van der Waals surface area contributed by atoms with Crippen LogP contribution in [0.1, 0.15) is 23.6 Å². The van der Waals surface area contributed by atoms with E-state index < -0.39 is 0 Å². The van der Waals surface area contributed by atoms with Crippen LogP contribution in [-0.2, 0) is 11.3 Å². The first-order valence-electron chi connectivity index (χ1n) is 10.8. The molecule has 168 valence electrons. The Morgan fingerprint density at radius 2 is 1.76 bits per heavy atom. The van der Waals surface area contributed by atoms with E-state index in [2.05, 4.69) is 29.3 Å². The van der Waals surface area contributed by atoms with Crippen LogP contribution in [0.3, 0.4) is 0 Å². The van der Waals surface area contributed by atoms with Gasteiger partial charge in [0, 0.05) is 17.5 Å². The minimum absolute atomic E-state index is 0.0411. The van der Waals surface area contributed by atoms with Gasteiger partial charge < -0.3 is 18.8 Å². The van der Waals surface area contributed by atoms with Gasteiger partial charge in [-0.25, -0.2) is 4.98 Å². The fourth-order valence-electron chi connectivity index (χ4n) is 4.43. The largest absolute Gasteiger partial charge is 0.454 e. The van der Waals surface area contributed by atoms with E-state index in [1.807, 2.05) is 30.3 Å². The van der Waals surface area contributed by atoms with E-state index >= 15 is 0 Å². The van der Waals surface area contributed by atoms with E-state index in [1.54, 1.807) is 24.1 Å². The van der Waals surface area contributed by atoms with E-state index in [0.29, 0.717) is 28.8 Å². The van der Waals surface area contributed by atoms with Crippen molar-refractivity contribution in [3.63, 3.8) is 0 Å². The molecule has 3 aromatic carbocycles. The minimum Gasteiger partial charge on any atom is -0.454 e. The van der Waals surface area contributed by atoms with Crippen LogP contribution in [0, 0.1) is 0 Å². The molecule has 0 aliphatic carbocycles. The summed E-state index contributed by atoms with van der Waals surface area (Å²) in [4.78, 5) is 18.5. The first-order valence-corrected chi connectivity index (χ1v) is 11.2. The second-order valence-corrected chi connectivity index (χ2v) is 8.61. The van der Waals surface area contributed by atoms with Gasteiger partial charge >= 0.3 is 0 Å². The summed E-state index contributed by atoms with van der Waals surface area (Å²) in [5, 5.41) is 0.630. The van der Waals surface area contributed by atoms with Crippen LogP contribution >= 0.6 is 11.6 Å². The molecule has 2 aliphatic heterocycles. The molecule has 0 saturated carbocycles. The lowest BCUT2D eigenvalue weighted by molar-refractivity contribution is -0.116. The van der Waals surface area contributed by atoms with Crippen LogP contribution in [0.5, 0.6) is 11.5 Å². The molecule has 0 spiro atoms. The van der Waals surface area contributed by atoms with Crippen LogP contribution in [0.15, 0.2) is 65.5 Å². The molecule has 0 bridgehead atoms. The van der Waals surface area contributed by atoms with Gasteiger partial charge in [-0.1, -0.05) is 35.9 Å². The summed E-state index contributed by atoms with van der Waals surface area (Å²) < 4.78 is 16.8. The number of oxazole rings is 1. The molecular formula is C27H19ClN2O4. The lowest BCUT2D eigenvalue weighted by atomic mass is 9.93. The fraction of sp³-hybridized carbons (Fsp3) is 0.111. The van der Waals surface area contributed by atoms with Crippen molar-refractivity contribution in [1.29, 1.82) is 0 Å².